The highest BCUT2D eigenvalue weighted by atomic mass is 32.2. The predicted octanol–water partition coefficient (Wildman–Crippen LogP) is 1.91. The first kappa shape index (κ1) is 16.6. The highest BCUT2D eigenvalue weighted by molar-refractivity contribution is 7.91. The van der Waals surface area contributed by atoms with Crippen LogP contribution in [0.4, 0.5) is 14.5 Å². The molecule has 2 heterocycles. The number of halogens is 2. The van der Waals surface area contributed by atoms with Gasteiger partial charge in [-0.2, -0.15) is 0 Å². The maximum atomic E-state index is 13.8. The van der Waals surface area contributed by atoms with Crippen LogP contribution in [-0.4, -0.2) is 57.5 Å². The average molecular weight is 344 g/mol. The summed E-state index contributed by atoms with van der Waals surface area (Å²) in [7, 11) is -2.80. The molecule has 1 aromatic rings. The van der Waals surface area contributed by atoms with E-state index in [0.717, 1.165) is 38.5 Å². The minimum atomic E-state index is -2.80. The summed E-state index contributed by atoms with van der Waals surface area (Å²) in [6.07, 6.45) is 1.69. The normalized spacial score (nSPS) is 25.0. The second-order valence-corrected chi connectivity index (χ2v) is 8.71. The molecule has 0 amide bonds. The van der Waals surface area contributed by atoms with E-state index < -0.39 is 21.5 Å². The fourth-order valence-electron chi connectivity index (χ4n) is 3.41. The van der Waals surface area contributed by atoms with Crippen molar-refractivity contribution in [2.45, 2.75) is 12.8 Å². The first-order chi connectivity index (χ1) is 10.9. The van der Waals surface area contributed by atoms with E-state index in [0.29, 0.717) is 30.3 Å². The monoisotopic (exact) mass is 344 g/mol. The molecule has 4 nitrogen and oxygen atoms in total. The van der Waals surface area contributed by atoms with Gasteiger partial charge >= 0.3 is 0 Å². The Hall–Kier alpha value is -1.21. The zero-order chi connectivity index (χ0) is 16.4. The van der Waals surface area contributed by atoms with Crippen molar-refractivity contribution in [3.05, 3.63) is 29.8 Å². The lowest BCUT2D eigenvalue weighted by molar-refractivity contribution is 0.241. The van der Waals surface area contributed by atoms with E-state index >= 15 is 0 Å². The summed E-state index contributed by atoms with van der Waals surface area (Å²) in [6, 6.07) is 3.69. The minimum absolute atomic E-state index is 0.285. The molecule has 0 saturated carbocycles. The minimum Gasteiger partial charge on any atom is -0.367 e. The number of rotatable bonds is 4. The van der Waals surface area contributed by atoms with Crippen LogP contribution in [0.5, 0.6) is 0 Å². The van der Waals surface area contributed by atoms with Crippen LogP contribution in [0.1, 0.15) is 12.8 Å². The lowest BCUT2D eigenvalue weighted by Gasteiger charge is -2.36. The smallest absolute Gasteiger partial charge is 0.150 e. The van der Waals surface area contributed by atoms with E-state index in [1.165, 1.54) is 12.1 Å². The highest BCUT2D eigenvalue weighted by Crippen LogP contribution is 2.24. The van der Waals surface area contributed by atoms with Crippen LogP contribution in [0.15, 0.2) is 18.2 Å². The van der Waals surface area contributed by atoms with Gasteiger partial charge in [0.15, 0.2) is 9.84 Å². The molecule has 0 N–H and O–H groups in total. The molecule has 0 bridgehead atoms. The van der Waals surface area contributed by atoms with Gasteiger partial charge in [0.25, 0.3) is 0 Å². The van der Waals surface area contributed by atoms with Crippen LogP contribution >= 0.6 is 0 Å². The fraction of sp³-hybridized carbons (Fsp3) is 0.625. The van der Waals surface area contributed by atoms with Gasteiger partial charge in [0.2, 0.25) is 0 Å². The standard InChI is InChI=1S/C16H22F2N2O2S/c17-14-1-2-16(15(18)11-14)20-8-6-19(7-9-20)5-3-13-4-10-23(21,22)12-13/h1-2,11,13H,3-10,12H2. The molecule has 2 aliphatic rings. The van der Waals surface area contributed by atoms with Crippen molar-refractivity contribution in [3.63, 3.8) is 0 Å². The van der Waals surface area contributed by atoms with Crippen molar-refractivity contribution in [3.8, 4) is 0 Å². The van der Waals surface area contributed by atoms with Crippen LogP contribution in [-0.2, 0) is 9.84 Å². The number of benzene rings is 1. The molecule has 1 unspecified atom stereocenters. The molecule has 2 aliphatic heterocycles. The Balaban J connectivity index is 1.47. The summed E-state index contributed by atoms with van der Waals surface area (Å²) in [5, 5.41) is 0. The third-order valence-corrected chi connectivity index (χ3v) is 6.64. The van der Waals surface area contributed by atoms with E-state index in [4.69, 9.17) is 0 Å². The summed E-state index contributed by atoms with van der Waals surface area (Å²) in [5.74, 6) is -0.137. The van der Waals surface area contributed by atoms with Crippen LogP contribution in [0.25, 0.3) is 0 Å². The Morgan fingerprint density at radius 2 is 1.87 bits per heavy atom. The lowest BCUT2D eigenvalue weighted by atomic mass is 10.0. The fourth-order valence-corrected chi connectivity index (χ4v) is 5.33. The number of hydrogen-bond donors (Lipinski definition) is 0. The molecule has 23 heavy (non-hydrogen) atoms. The molecule has 7 heteroatoms. The summed E-state index contributed by atoms with van der Waals surface area (Å²) < 4.78 is 49.7. The number of nitrogens with zero attached hydrogens (tertiary/aromatic N) is 2. The maximum absolute atomic E-state index is 13.8. The van der Waals surface area contributed by atoms with E-state index in [1.807, 2.05) is 4.90 Å². The molecule has 1 atom stereocenters. The molecule has 3 rings (SSSR count). The molecule has 2 fully saturated rings. The third-order valence-electron chi connectivity index (χ3n) is 4.80. The van der Waals surface area contributed by atoms with Gasteiger partial charge in [0.05, 0.1) is 17.2 Å². The summed E-state index contributed by atoms with van der Waals surface area (Å²) in [4.78, 5) is 4.23. The zero-order valence-corrected chi connectivity index (χ0v) is 13.9. The summed E-state index contributed by atoms with van der Waals surface area (Å²) in [6.45, 7) is 3.92. The Morgan fingerprint density at radius 1 is 1.13 bits per heavy atom. The topological polar surface area (TPSA) is 40.6 Å². The van der Waals surface area contributed by atoms with Gasteiger partial charge in [-0.25, -0.2) is 17.2 Å². The Bertz CT molecular complexity index is 658. The van der Waals surface area contributed by atoms with E-state index in [2.05, 4.69) is 4.90 Å². The molecule has 0 radical (unpaired) electrons. The van der Waals surface area contributed by atoms with E-state index in [-0.39, 0.29) is 5.92 Å². The second kappa shape index (κ2) is 6.73. The van der Waals surface area contributed by atoms with Crippen molar-refractivity contribution in [1.82, 2.24) is 4.90 Å². The lowest BCUT2D eigenvalue weighted by Crippen LogP contribution is -2.47. The zero-order valence-electron chi connectivity index (χ0n) is 13.0. The Labute approximate surface area is 136 Å². The van der Waals surface area contributed by atoms with Crippen molar-refractivity contribution in [2.75, 3.05) is 49.1 Å². The molecule has 0 spiro atoms. The van der Waals surface area contributed by atoms with Gasteiger partial charge in [0.1, 0.15) is 11.6 Å². The Kier molecular flexibility index (Phi) is 4.87. The third kappa shape index (κ3) is 4.20. The second-order valence-electron chi connectivity index (χ2n) is 6.48. The van der Waals surface area contributed by atoms with Gasteiger partial charge < -0.3 is 4.90 Å². The van der Waals surface area contributed by atoms with Gasteiger partial charge in [-0.1, -0.05) is 0 Å². The largest absolute Gasteiger partial charge is 0.367 e. The molecule has 128 valence electrons. The molecule has 0 aliphatic carbocycles. The first-order valence-corrected chi connectivity index (χ1v) is 9.88. The molecule has 0 aromatic heterocycles. The number of anilines is 1. The predicted molar refractivity (Wildman–Crippen MR) is 86.4 cm³/mol. The van der Waals surface area contributed by atoms with Crippen LogP contribution < -0.4 is 4.90 Å². The van der Waals surface area contributed by atoms with E-state index in [1.54, 1.807) is 0 Å². The summed E-state index contributed by atoms with van der Waals surface area (Å²) >= 11 is 0. The highest BCUT2D eigenvalue weighted by Gasteiger charge is 2.28. The number of sulfone groups is 1. The number of hydrogen-bond acceptors (Lipinski definition) is 4. The van der Waals surface area contributed by atoms with Gasteiger partial charge in [0, 0.05) is 32.2 Å². The van der Waals surface area contributed by atoms with Crippen LogP contribution in [0, 0.1) is 17.6 Å². The van der Waals surface area contributed by atoms with Crippen molar-refractivity contribution >= 4 is 15.5 Å². The van der Waals surface area contributed by atoms with Crippen LogP contribution in [0.3, 0.4) is 0 Å². The van der Waals surface area contributed by atoms with Crippen molar-refractivity contribution in [2.24, 2.45) is 5.92 Å². The van der Waals surface area contributed by atoms with Crippen molar-refractivity contribution in [1.29, 1.82) is 0 Å². The molecular formula is C16H22F2N2O2S. The van der Waals surface area contributed by atoms with Crippen LogP contribution in [0.2, 0.25) is 0 Å². The molecule has 2 saturated heterocycles. The Morgan fingerprint density at radius 3 is 2.48 bits per heavy atom. The number of piperazine rings is 1. The average Bonchev–Trinajstić information content (AvgIpc) is 2.85. The van der Waals surface area contributed by atoms with Gasteiger partial charge in [-0.3, -0.25) is 4.90 Å². The SMILES string of the molecule is O=S1(=O)CCC(CCN2CCN(c3ccc(F)cc3F)CC2)C1. The summed E-state index contributed by atoms with van der Waals surface area (Å²) in [5.41, 5.74) is 0.452. The van der Waals surface area contributed by atoms with Gasteiger partial charge in [-0.05, 0) is 37.4 Å². The molecule has 1 aromatic carbocycles. The first-order valence-electron chi connectivity index (χ1n) is 8.06. The quantitative estimate of drug-likeness (QED) is 0.837. The maximum Gasteiger partial charge on any atom is 0.150 e. The van der Waals surface area contributed by atoms with E-state index in [9.17, 15) is 17.2 Å². The van der Waals surface area contributed by atoms with Crippen molar-refractivity contribution < 1.29 is 17.2 Å². The van der Waals surface area contributed by atoms with Gasteiger partial charge in [-0.15, -0.1) is 0 Å². The molecular weight excluding hydrogens is 322 g/mol.